The number of nitrogens with zero attached hydrogens (tertiary/aromatic N) is 2. The lowest BCUT2D eigenvalue weighted by atomic mass is 9.96. The zero-order valence-electron chi connectivity index (χ0n) is 13.5. The zero-order chi connectivity index (χ0) is 15.2. The molecule has 0 fully saturated rings. The first-order valence-electron chi connectivity index (χ1n) is 7.19. The van der Waals surface area contributed by atoms with E-state index in [9.17, 15) is 4.79 Å². The van der Waals surface area contributed by atoms with Crippen LogP contribution in [0.2, 0.25) is 0 Å². The molecule has 2 N–H and O–H groups in total. The Labute approximate surface area is 134 Å². The molecule has 0 saturated heterocycles. The minimum Gasteiger partial charge on any atom is -0.373 e. The molecule has 0 aliphatic carbocycles. The Morgan fingerprint density at radius 3 is 2.29 bits per heavy atom. The van der Waals surface area contributed by atoms with Crippen LogP contribution in [0.1, 0.15) is 26.7 Å². The van der Waals surface area contributed by atoms with Crippen LogP contribution in [0.3, 0.4) is 0 Å². The molecular weight excluding hydrogens is 286 g/mol. The molecule has 0 aromatic heterocycles. The molecule has 1 unspecified atom stereocenters. The van der Waals surface area contributed by atoms with Crippen LogP contribution < -0.4 is 10.6 Å². The van der Waals surface area contributed by atoms with Crippen LogP contribution in [-0.4, -0.2) is 43.5 Å². The quantitative estimate of drug-likeness (QED) is 0.841. The summed E-state index contributed by atoms with van der Waals surface area (Å²) in [6, 6.07) is 10.1. The third kappa shape index (κ3) is 5.94. The number of hydrogen-bond donors (Lipinski definition) is 1. The Kier molecular flexibility index (Phi) is 8.37. The van der Waals surface area contributed by atoms with Gasteiger partial charge >= 0.3 is 0 Å². The van der Waals surface area contributed by atoms with E-state index in [-0.39, 0.29) is 18.3 Å². The largest absolute Gasteiger partial charge is 0.373 e. The van der Waals surface area contributed by atoms with Crippen molar-refractivity contribution in [2.45, 2.75) is 32.2 Å². The molecule has 0 heterocycles. The van der Waals surface area contributed by atoms with E-state index in [1.165, 1.54) is 0 Å². The minimum atomic E-state index is -0.755. The van der Waals surface area contributed by atoms with E-state index in [0.29, 0.717) is 13.0 Å². The number of anilines is 1. The van der Waals surface area contributed by atoms with Gasteiger partial charge in [-0.25, -0.2) is 0 Å². The number of likely N-dealkylation sites (N-methyl/N-ethyl adjacent to an activating group) is 2. The molecule has 0 saturated carbocycles. The van der Waals surface area contributed by atoms with E-state index >= 15 is 0 Å². The van der Waals surface area contributed by atoms with Gasteiger partial charge in [-0.15, -0.1) is 12.4 Å². The molecule has 0 radical (unpaired) electrons. The highest BCUT2D eigenvalue weighted by Gasteiger charge is 2.29. The Hall–Kier alpha value is -1.26. The summed E-state index contributed by atoms with van der Waals surface area (Å²) < 4.78 is 0. The molecule has 4 nitrogen and oxygen atoms in total. The van der Waals surface area contributed by atoms with Crippen LogP contribution in [0.25, 0.3) is 0 Å². The first kappa shape index (κ1) is 19.7. The predicted octanol–water partition coefficient (Wildman–Crippen LogP) is 2.52. The average Bonchev–Trinajstić information content (AvgIpc) is 2.44. The number of hydrogen-bond acceptors (Lipinski definition) is 3. The first-order chi connectivity index (χ1) is 9.38. The second-order valence-electron chi connectivity index (χ2n) is 5.65. The smallest absolute Gasteiger partial charge is 0.242 e. The van der Waals surface area contributed by atoms with Gasteiger partial charge in [0.15, 0.2) is 0 Å². The van der Waals surface area contributed by atoms with Crippen molar-refractivity contribution in [1.82, 2.24) is 4.90 Å². The molecule has 1 aromatic carbocycles. The maximum Gasteiger partial charge on any atom is 0.242 e. The molecule has 0 spiro atoms. The number of halogens is 1. The van der Waals surface area contributed by atoms with Gasteiger partial charge in [0.1, 0.15) is 0 Å². The van der Waals surface area contributed by atoms with Gasteiger partial charge < -0.3 is 15.5 Å². The summed E-state index contributed by atoms with van der Waals surface area (Å²) in [5, 5.41) is 0. The third-order valence-corrected chi connectivity index (χ3v) is 3.57. The number of nitrogens with two attached hydrogens (primary N) is 1. The van der Waals surface area contributed by atoms with Crippen molar-refractivity contribution < 1.29 is 4.79 Å². The van der Waals surface area contributed by atoms with Gasteiger partial charge in [-0.1, -0.05) is 31.5 Å². The molecule has 1 aromatic rings. The van der Waals surface area contributed by atoms with E-state index in [0.717, 1.165) is 18.7 Å². The fraction of sp³-hybridized carbons (Fsp3) is 0.562. The first-order valence-corrected chi connectivity index (χ1v) is 7.19. The van der Waals surface area contributed by atoms with Gasteiger partial charge in [-0.3, -0.25) is 4.79 Å². The van der Waals surface area contributed by atoms with E-state index in [2.05, 4.69) is 17.0 Å². The molecule has 1 amide bonds. The second-order valence-corrected chi connectivity index (χ2v) is 5.65. The molecule has 0 bridgehead atoms. The molecule has 1 atom stereocenters. The Morgan fingerprint density at radius 1 is 1.19 bits per heavy atom. The highest BCUT2D eigenvalue weighted by molar-refractivity contribution is 5.85. The Morgan fingerprint density at radius 2 is 1.76 bits per heavy atom. The number of carbonyl (C=O) groups excluding carboxylic acids is 1. The number of amides is 1. The lowest BCUT2D eigenvalue weighted by molar-refractivity contribution is -0.135. The van der Waals surface area contributed by atoms with Crippen LogP contribution in [0.15, 0.2) is 30.3 Å². The monoisotopic (exact) mass is 313 g/mol. The third-order valence-electron chi connectivity index (χ3n) is 3.57. The SMILES string of the molecule is CCCC(C)(N)C(=O)N(C)CCN(C)c1ccccc1.Cl. The maximum absolute atomic E-state index is 12.3. The number of para-hydroxylation sites is 1. The highest BCUT2D eigenvalue weighted by atomic mass is 35.5. The van der Waals surface area contributed by atoms with Crippen molar-refractivity contribution in [3.05, 3.63) is 30.3 Å². The number of benzene rings is 1. The highest BCUT2D eigenvalue weighted by Crippen LogP contribution is 2.13. The summed E-state index contributed by atoms with van der Waals surface area (Å²) in [5.41, 5.74) is 6.48. The van der Waals surface area contributed by atoms with Gasteiger partial charge in [0.05, 0.1) is 5.54 Å². The average molecular weight is 314 g/mol. The number of carbonyl (C=O) groups is 1. The van der Waals surface area contributed by atoms with E-state index in [1.54, 1.807) is 4.90 Å². The van der Waals surface area contributed by atoms with Crippen LogP contribution in [0.4, 0.5) is 5.69 Å². The molecule has 21 heavy (non-hydrogen) atoms. The topological polar surface area (TPSA) is 49.6 Å². The van der Waals surface area contributed by atoms with Crippen molar-refractivity contribution in [2.75, 3.05) is 32.1 Å². The lowest BCUT2D eigenvalue weighted by Gasteiger charge is -2.30. The van der Waals surface area contributed by atoms with Crippen molar-refractivity contribution in [1.29, 1.82) is 0 Å². The van der Waals surface area contributed by atoms with Crippen molar-refractivity contribution in [3.63, 3.8) is 0 Å². The van der Waals surface area contributed by atoms with Crippen LogP contribution in [0.5, 0.6) is 0 Å². The van der Waals surface area contributed by atoms with Crippen LogP contribution >= 0.6 is 12.4 Å². The van der Waals surface area contributed by atoms with Gasteiger partial charge in [-0.2, -0.15) is 0 Å². The summed E-state index contributed by atoms with van der Waals surface area (Å²) in [7, 11) is 3.85. The van der Waals surface area contributed by atoms with Gasteiger partial charge in [0, 0.05) is 32.9 Å². The lowest BCUT2D eigenvalue weighted by Crippen LogP contribution is -2.53. The summed E-state index contributed by atoms with van der Waals surface area (Å²) in [6.45, 7) is 5.31. The molecular formula is C16H28ClN3O. The Bertz CT molecular complexity index is 423. The van der Waals surface area contributed by atoms with E-state index in [4.69, 9.17) is 5.73 Å². The van der Waals surface area contributed by atoms with Gasteiger partial charge in [0.25, 0.3) is 0 Å². The van der Waals surface area contributed by atoms with Crippen molar-refractivity contribution in [2.24, 2.45) is 5.73 Å². The molecule has 1 rings (SSSR count). The minimum absolute atomic E-state index is 0. The Balaban J connectivity index is 0.00000400. The molecule has 0 aliphatic heterocycles. The zero-order valence-corrected chi connectivity index (χ0v) is 14.3. The second kappa shape index (κ2) is 8.90. The van der Waals surface area contributed by atoms with E-state index < -0.39 is 5.54 Å². The van der Waals surface area contributed by atoms with Crippen molar-refractivity contribution >= 4 is 24.0 Å². The molecule has 0 aliphatic rings. The van der Waals surface area contributed by atoms with Gasteiger partial charge in [0.2, 0.25) is 5.91 Å². The van der Waals surface area contributed by atoms with Gasteiger partial charge in [-0.05, 0) is 25.5 Å². The summed E-state index contributed by atoms with van der Waals surface area (Å²) in [4.78, 5) is 16.2. The predicted molar refractivity (Wildman–Crippen MR) is 92.1 cm³/mol. The fourth-order valence-corrected chi connectivity index (χ4v) is 2.28. The van der Waals surface area contributed by atoms with E-state index in [1.807, 2.05) is 46.1 Å². The summed E-state index contributed by atoms with van der Waals surface area (Å²) >= 11 is 0. The maximum atomic E-state index is 12.3. The van der Waals surface area contributed by atoms with Crippen molar-refractivity contribution in [3.8, 4) is 0 Å². The fourth-order valence-electron chi connectivity index (χ4n) is 2.28. The standard InChI is InChI=1S/C16H27N3O.ClH/c1-5-11-16(2,17)15(20)19(4)13-12-18(3)14-9-7-6-8-10-14;/h6-10H,5,11-13,17H2,1-4H3;1H. The summed E-state index contributed by atoms with van der Waals surface area (Å²) in [6.07, 6.45) is 1.63. The normalized spacial score (nSPS) is 13.0. The molecule has 120 valence electrons. The number of rotatable bonds is 7. The van der Waals surface area contributed by atoms with Crippen LogP contribution in [-0.2, 0) is 4.79 Å². The summed E-state index contributed by atoms with van der Waals surface area (Å²) in [5.74, 6) is 0.0146. The molecule has 5 heteroatoms. The van der Waals surface area contributed by atoms with Crippen LogP contribution in [0, 0.1) is 0 Å².